The fraction of sp³-hybridized carbons (Fsp3) is 0.300. The Morgan fingerprint density at radius 2 is 2.06 bits per heavy atom. The zero-order valence-electron chi connectivity index (χ0n) is 9.21. The van der Waals surface area contributed by atoms with E-state index in [1.165, 1.54) is 0 Å². The molecule has 84 valence electrons. The summed E-state index contributed by atoms with van der Waals surface area (Å²) in [5.41, 5.74) is 7.93. The predicted molar refractivity (Wildman–Crippen MR) is 64.0 cm³/mol. The molecule has 0 amide bonds. The molecule has 0 atom stereocenters. The Hall–Kier alpha value is -1.56. The van der Waals surface area contributed by atoms with Gasteiger partial charge in [0, 0.05) is 30.8 Å². The molecular formula is C10H13N5S. The highest BCUT2D eigenvalue weighted by Crippen LogP contribution is 2.24. The minimum absolute atomic E-state index is 0.709. The van der Waals surface area contributed by atoms with Crippen LogP contribution in [-0.2, 0) is 12.8 Å². The van der Waals surface area contributed by atoms with Crippen molar-refractivity contribution in [3.8, 4) is 0 Å². The highest BCUT2D eigenvalue weighted by atomic mass is 32.2. The lowest BCUT2D eigenvalue weighted by molar-refractivity contribution is 0.767. The molecule has 0 aromatic carbocycles. The predicted octanol–water partition coefficient (Wildman–Crippen LogP) is 1.39. The quantitative estimate of drug-likeness (QED) is 0.643. The van der Waals surface area contributed by atoms with Gasteiger partial charge in [0.05, 0.1) is 5.69 Å². The molecule has 5 nitrogen and oxygen atoms in total. The van der Waals surface area contributed by atoms with E-state index in [9.17, 15) is 0 Å². The molecule has 0 aliphatic heterocycles. The van der Waals surface area contributed by atoms with Crippen molar-refractivity contribution in [2.45, 2.75) is 17.8 Å². The number of hydrogen-bond donors (Lipinski definition) is 1. The molecule has 2 heterocycles. The highest BCUT2D eigenvalue weighted by Gasteiger charge is 2.10. The molecule has 0 radical (unpaired) electrons. The molecule has 0 aliphatic rings. The number of rotatable bonds is 3. The fourth-order valence-corrected chi connectivity index (χ4v) is 2.30. The van der Waals surface area contributed by atoms with Gasteiger partial charge >= 0.3 is 0 Å². The Morgan fingerprint density at radius 3 is 2.62 bits per heavy atom. The van der Waals surface area contributed by atoms with Crippen LogP contribution in [0.2, 0.25) is 0 Å². The monoisotopic (exact) mass is 235 g/mol. The summed E-state index contributed by atoms with van der Waals surface area (Å²) in [4.78, 5) is 8.29. The topological polar surface area (TPSA) is 69.6 Å². The standard InChI is InChI=1S/C10H13N5S/c1-7-8(9(11)15(2)14-7)6-16-10-12-4-3-5-13-10/h3-5H,6,11H2,1-2H3. The van der Waals surface area contributed by atoms with Gasteiger partial charge in [0.1, 0.15) is 5.82 Å². The van der Waals surface area contributed by atoms with Crippen LogP contribution in [0.4, 0.5) is 5.82 Å². The number of anilines is 1. The van der Waals surface area contributed by atoms with E-state index >= 15 is 0 Å². The average Bonchev–Trinajstić information content (AvgIpc) is 2.53. The third-order valence-electron chi connectivity index (χ3n) is 2.28. The molecule has 0 unspecified atom stereocenters. The molecule has 6 heteroatoms. The van der Waals surface area contributed by atoms with E-state index in [4.69, 9.17) is 5.73 Å². The Bertz CT molecular complexity index is 479. The van der Waals surface area contributed by atoms with Gasteiger partial charge in [0.25, 0.3) is 0 Å². The van der Waals surface area contributed by atoms with Crippen molar-refractivity contribution in [3.63, 3.8) is 0 Å². The van der Waals surface area contributed by atoms with Crippen LogP contribution >= 0.6 is 11.8 Å². The normalized spacial score (nSPS) is 10.6. The van der Waals surface area contributed by atoms with E-state index in [-0.39, 0.29) is 0 Å². The summed E-state index contributed by atoms with van der Waals surface area (Å²) < 4.78 is 1.69. The molecule has 2 aromatic heterocycles. The van der Waals surface area contributed by atoms with Crippen LogP contribution in [0.1, 0.15) is 11.3 Å². The van der Waals surface area contributed by atoms with Gasteiger partial charge in [-0.1, -0.05) is 11.8 Å². The van der Waals surface area contributed by atoms with Gasteiger partial charge in [0.15, 0.2) is 5.16 Å². The molecule has 0 saturated carbocycles. The summed E-state index contributed by atoms with van der Waals surface area (Å²) in [6.45, 7) is 1.96. The highest BCUT2D eigenvalue weighted by molar-refractivity contribution is 7.98. The van der Waals surface area contributed by atoms with E-state index in [1.54, 1.807) is 34.9 Å². The van der Waals surface area contributed by atoms with Crippen molar-refractivity contribution in [1.82, 2.24) is 19.7 Å². The van der Waals surface area contributed by atoms with Crippen LogP contribution in [-0.4, -0.2) is 19.7 Å². The lowest BCUT2D eigenvalue weighted by atomic mass is 10.3. The molecule has 2 aromatic rings. The molecule has 2 rings (SSSR count). The van der Waals surface area contributed by atoms with Crippen molar-refractivity contribution in [2.24, 2.45) is 7.05 Å². The van der Waals surface area contributed by atoms with Gasteiger partial charge in [-0.25, -0.2) is 9.97 Å². The molecule has 0 saturated heterocycles. The third kappa shape index (κ3) is 2.16. The third-order valence-corrected chi connectivity index (χ3v) is 3.18. The lowest BCUT2D eigenvalue weighted by Gasteiger charge is -2.00. The molecule has 0 fully saturated rings. The van der Waals surface area contributed by atoms with Crippen molar-refractivity contribution in [1.29, 1.82) is 0 Å². The smallest absolute Gasteiger partial charge is 0.187 e. The van der Waals surface area contributed by atoms with Gasteiger partial charge in [-0.3, -0.25) is 4.68 Å². The zero-order chi connectivity index (χ0) is 11.5. The fourth-order valence-electron chi connectivity index (χ4n) is 1.39. The number of nitrogen functional groups attached to an aromatic ring is 1. The number of nitrogens with two attached hydrogens (primary N) is 1. The van der Waals surface area contributed by atoms with Gasteiger partial charge in [-0.05, 0) is 13.0 Å². The first kappa shape index (κ1) is 10.9. The summed E-state index contributed by atoms with van der Waals surface area (Å²) in [6.07, 6.45) is 3.46. The Balaban J connectivity index is 2.11. The molecule has 0 bridgehead atoms. The Kier molecular flexibility index (Phi) is 3.09. The van der Waals surface area contributed by atoms with Crippen molar-refractivity contribution < 1.29 is 0 Å². The number of thioether (sulfide) groups is 1. The summed E-state index contributed by atoms with van der Waals surface area (Å²) >= 11 is 1.56. The Morgan fingerprint density at radius 1 is 1.38 bits per heavy atom. The van der Waals surface area contributed by atoms with Crippen molar-refractivity contribution in [2.75, 3.05) is 5.73 Å². The van der Waals surface area contributed by atoms with Gasteiger partial charge in [0.2, 0.25) is 0 Å². The maximum atomic E-state index is 5.91. The minimum Gasteiger partial charge on any atom is -0.384 e. The van der Waals surface area contributed by atoms with Crippen LogP contribution in [0.15, 0.2) is 23.6 Å². The van der Waals surface area contributed by atoms with Crippen molar-refractivity contribution in [3.05, 3.63) is 29.7 Å². The first-order valence-corrected chi connectivity index (χ1v) is 5.85. The number of nitrogens with zero attached hydrogens (tertiary/aromatic N) is 4. The number of aromatic nitrogens is 4. The van der Waals surface area contributed by atoms with Crippen LogP contribution in [0.5, 0.6) is 0 Å². The van der Waals surface area contributed by atoms with E-state index in [0.717, 1.165) is 22.2 Å². The van der Waals surface area contributed by atoms with E-state index < -0.39 is 0 Å². The first-order chi connectivity index (χ1) is 7.68. The van der Waals surface area contributed by atoms with Crippen LogP contribution < -0.4 is 5.73 Å². The second kappa shape index (κ2) is 4.52. The van der Waals surface area contributed by atoms with E-state index in [0.29, 0.717) is 5.82 Å². The second-order valence-electron chi connectivity index (χ2n) is 3.39. The van der Waals surface area contributed by atoms with E-state index in [2.05, 4.69) is 15.1 Å². The number of hydrogen-bond acceptors (Lipinski definition) is 5. The first-order valence-electron chi connectivity index (χ1n) is 4.86. The average molecular weight is 235 g/mol. The number of aryl methyl sites for hydroxylation is 2. The van der Waals surface area contributed by atoms with Gasteiger partial charge in [-0.2, -0.15) is 5.10 Å². The maximum absolute atomic E-state index is 5.91. The molecule has 2 N–H and O–H groups in total. The van der Waals surface area contributed by atoms with Crippen LogP contribution in [0, 0.1) is 6.92 Å². The van der Waals surface area contributed by atoms with Crippen molar-refractivity contribution >= 4 is 17.6 Å². The summed E-state index contributed by atoms with van der Waals surface area (Å²) in [7, 11) is 1.84. The van der Waals surface area contributed by atoms with E-state index in [1.807, 2.05) is 14.0 Å². The minimum atomic E-state index is 0.709. The molecule has 16 heavy (non-hydrogen) atoms. The summed E-state index contributed by atoms with van der Waals surface area (Å²) in [5, 5.41) is 5.02. The molecule has 0 aliphatic carbocycles. The summed E-state index contributed by atoms with van der Waals surface area (Å²) in [5.74, 6) is 1.45. The Labute approximate surface area is 98.1 Å². The second-order valence-corrected chi connectivity index (χ2v) is 4.34. The largest absolute Gasteiger partial charge is 0.384 e. The van der Waals surface area contributed by atoms with Crippen LogP contribution in [0.25, 0.3) is 0 Å². The van der Waals surface area contributed by atoms with Gasteiger partial charge in [-0.15, -0.1) is 0 Å². The summed E-state index contributed by atoms with van der Waals surface area (Å²) in [6, 6.07) is 1.80. The zero-order valence-corrected chi connectivity index (χ0v) is 10.0. The SMILES string of the molecule is Cc1nn(C)c(N)c1CSc1ncccn1. The molecule has 0 spiro atoms. The lowest BCUT2D eigenvalue weighted by Crippen LogP contribution is -1.99. The van der Waals surface area contributed by atoms with Crippen LogP contribution in [0.3, 0.4) is 0 Å². The van der Waals surface area contributed by atoms with Gasteiger partial charge < -0.3 is 5.73 Å². The maximum Gasteiger partial charge on any atom is 0.187 e. The molecular weight excluding hydrogens is 222 g/mol.